The summed E-state index contributed by atoms with van der Waals surface area (Å²) in [6, 6.07) is 1.22. The van der Waals surface area contributed by atoms with Crippen LogP contribution < -0.4 is 5.32 Å². The standard InChI is InChI=1S/C10H16N2O/c1-6-2-9(6)10(13)12-4-7-3-8(5-12)11-7/h6-9,11H,2-5H2,1H3/t6-,7?,8?,9-/m0/s1. The topological polar surface area (TPSA) is 32.3 Å². The van der Waals surface area contributed by atoms with Crippen molar-refractivity contribution < 1.29 is 4.79 Å². The lowest BCUT2D eigenvalue weighted by Gasteiger charge is -2.48. The van der Waals surface area contributed by atoms with Gasteiger partial charge < -0.3 is 10.2 Å². The highest BCUT2D eigenvalue weighted by molar-refractivity contribution is 5.82. The second-order valence-corrected chi connectivity index (χ2v) is 4.86. The predicted molar refractivity (Wildman–Crippen MR) is 49.2 cm³/mol. The largest absolute Gasteiger partial charge is 0.339 e. The first-order valence-corrected chi connectivity index (χ1v) is 5.29. The van der Waals surface area contributed by atoms with Gasteiger partial charge in [-0.05, 0) is 18.8 Å². The third-order valence-electron chi connectivity index (χ3n) is 3.66. The van der Waals surface area contributed by atoms with Gasteiger partial charge in [0.15, 0.2) is 0 Å². The number of rotatable bonds is 1. The Labute approximate surface area is 78.5 Å². The highest BCUT2D eigenvalue weighted by Crippen LogP contribution is 2.40. The lowest BCUT2D eigenvalue weighted by Crippen LogP contribution is -2.67. The molecule has 1 amide bonds. The average molecular weight is 180 g/mol. The summed E-state index contributed by atoms with van der Waals surface area (Å²) >= 11 is 0. The van der Waals surface area contributed by atoms with Crippen molar-refractivity contribution in [2.24, 2.45) is 11.8 Å². The number of fused-ring (bicyclic) bond motifs is 2. The highest BCUT2D eigenvalue weighted by atomic mass is 16.2. The summed E-state index contributed by atoms with van der Waals surface area (Å²) in [5.74, 6) is 1.44. The second-order valence-electron chi connectivity index (χ2n) is 4.86. The molecule has 0 aromatic rings. The first kappa shape index (κ1) is 7.80. The SMILES string of the molecule is C[C@H]1C[C@@H]1C(=O)N1CC2CC(C1)N2. The van der Waals surface area contributed by atoms with Crippen molar-refractivity contribution >= 4 is 5.91 Å². The summed E-state index contributed by atoms with van der Waals surface area (Å²) in [5, 5.41) is 3.44. The van der Waals surface area contributed by atoms with Crippen LogP contribution in [-0.2, 0) is 4.79 Å². The van der Waals surface area contributed by atoms with Crippen LogP contribution in [0.1, 0.15) is 19.8 Å². The molecule has 0 radical (unpaired) electrons. The molecule has 4 fully saturated rings. The fourth-order valence-corrected chi connectivity index (χ4v) is 2.59. The smallest absolute Gasteiger partial charge is 0.226 e. The fraction of sp³-hybridized carbons (Fsp3) is 0.900. The van der Waals surface area contributed by atoms with E-state index in [1.807, 2.05) is 0 Å². The van der Waals surface area contributed by atoms with Gasteiger partial charge in [-0.1, -0.05) is 6.92 Å². The normalized spacial score (nSPS) is 47.0. The molecule has 13 heavy (non-hydrogen) atoms. The fourth-order valence-electron chi connectivity index (χ4n) is 2.59. The van der Waals surface area contributed by atoms with Crippen LogP contribution in [0.15, 0.2) is 0 Å². The molecule has 3 aliphatic heterocycles. The minimum Gasteiger partial charge on any atom is -0.339 e. The first-order valence-electron chi connectivity index (χ1n) is 5.29. The van der Waals surface area contributed by atoms with Gasteiger partial charge in [-0.15, -0.1) is 0 Å². The van der Waals surface area contributed by atoms with Crippen molar-refractivity contribution in [3.8, 4) is 0 Å². The Hall–Kier alpha value is -0.570. The quantitative estimate of drug-likeness (QED) is 0.626. The molecule has 3 heteroatoms. The van der Waals surface area contributed by atoms with Gasteiger partial charge in [0.1, 0.15) is 0 Å². The van der Waals surface area contributed by atoms with Crippen molar-refractivity contribution in [2.45, 2.75) is 31.8 Å². The zero-order chi connectivity index (χ0) is 9.00. The molecule has 1 aliphatic carbocycles. The van der Waals surface area contributed by atoms with Crippen LogP contribution in [0.4, 0.5) is 0 Å². The van der Waals surface area contributed by atoms with Gasteiger partial charge in [0.25, 0.3) is 0 Å². The van der Waals surface area contributed by atoms with Crippen molar-refractivity contribution in [1.29, 1.82) is 0 Å². The predicted octanol–water partition coefficient (Wildman–Crippen LogP) is 0.215. The molecule has 0 aromatic carbocycles. The summed E-state index contributed by atoms with van der Waals surface area (Å²) in [6.45, 7) is 4.09. The Morgan fingerprint density at radius 3 is 2.31 bits per heavy atom. The molecule has 1 saturated carbocycles. The van der Waals surface area contributed by atoms with Gasteiger partial charge in [0.2, 0.25) is 5.91 Å². The maximum absolute atomic E-state index is 11.8. The van der Waals surface area contributed by atoms with Gasteiger partial charge in [-0.25, -0.2) is 0 Å². The molecule has 3 saturated heterocycles. The molecule has 4 aliphatic rings. The van der Waals surface area contributed by atoms with E-state index >= 15 is 0 Å². The summed E-state index contributed by atoms with van der Waals surface area (Å²) in [4.78, 5) is 13.9. The number of hydrogen-bond donors (Lipinski definition) is 1. The molecule has 3 heterocycles. The van der Waals surface area contributed by atoms with Crippen molar-refractivity contribution in [3.63, 3.8) is 0 Å². The molecule has 1 N–H and O–H groups in total. The zero-order valence-electron chi connectivity index (χ0n) is 7.99. The molecule has 0 aromatic heterocycles. The van der Waals surface area contributed by atoms with Gasteiger partial charge in [0.05, 0.1) is 0 Å². The van der Waals surface area contributed by atoms with E-state index in [9.17, 15) is 4.79 Å². The zero-order valence-corrected chi connectivity index (χ0v) is 7.99. The van der Waals surface area contributed by atoms with E-state index in [4.69, 9.17) is 0 Å². The Bertz CT molecular complexity index is 237. The number of nitrogens with one attached hydrogen (secondary N) is 1. The lowest BCUT2D eigenvalue weighted by atomic mass is 9.91. The Morgan fingerprint density at radius 2 is 1.85 bits per heavy atom. The first-order chi connectivity index (χ1) is 6.24. The van der Waals surface area contributed by atoms with Crippen molar-refractivity contribution in [1.82, 2.24) is 10.2 Å². The van der Waals surface area contributed by atoms with Gasteiger partial charge in [0, 0.05) is 31.1 Å². The molecule has 2 unspecified atom stereocenters. The van der Waals surface area contributed by atoms with E-state index in [1.165, 1.54) is 6.42 Å². The molecule has 3 nitrogen and oxygen atoms in total. The summed E-state index contributed by atoms with van der Waals surface area (Å²) in [7, 11) is 0. The third-order valence-corrected chi connectivity index (χ3v) is 3.66. The maximum atomic E-state index is 11.8. The number of amides is 1. The van der Waals surface area contributed by atoms with Crippen LogP contribution in [0, 0.1) is 11.8 Å². The third kappa shape index (κ3) is 1.17. The van der Waals surface area contributed by atoms with Crippen molar-refractivity contribution in [2.75, 3.05) is 13.1 Å². The number of hydrogen-bond acceptors (Lipinski definition) is 2. The van der Waals surface area contributed by atoms with E-state index in [-0.39, 0.29) is 0 Å². The minimum absolute atomic E-state index is 0.373. The van der Waals surface area contributed by atoms with E-state index in [0.29, 0.717) is 29.8 Å². The van der Waals surface area contributed by atoms with Gasteiger partial charge in [-0.3, -0.25) is 4.79 Å². The Morgan fingerprint density at radius 1 is 1.31 bits per heavy atom. The summed E-state index contributed by atoms with van der Waals surface area (Å²) in [5.41, 5.74) is 0. The lowest BCUT2D eigenvalue weighted by molar-refractivity contribution is -0.137. The number of piperidine rings is 1. The molecule has 0 spiro atoms. The molecule has 4 rings (SSSR count). The van der Waals surface area contributed by atoms with Crippen LogP contribution in [0.2, 0.25) is 0 Å². The molecular formula is C10H16N2O. The van der Waals surface area contributed by atoms with Gasteiger partial charge >= 0.3 is 0 Å². The molecular weight excluding hydrogens is 164 g/mol. The summed E-state index contributed by atoms with van der Waals surface area (Å²) < 4.78 is 0. The van der Waals surface area contributed by atoms with E-state index < -0.39 is 0 Å². The van der Waals surface area contributed by atoms with Crippen LogP contribution in [-0.4, -0.2) is 36.0 Å². The van der Waals surface area contributed by atoms with E-state index in [0.717, 1.165) is 19.5 Å². The molecule has 4 atom stereocenters. The highest BCUT2D eigenvalue weighted by Gasteiger charge is 2.45. The number of piperazine rings is 1. The van der Waals surface area contributed by atoms with Crippen LogP contribution in [0.25, 0.3) is 0 Å². The van der Waals surface area contributed by atoms with Crippen LogP contribution in [0.3, 0.4) is 0 Å². The van der Waals surface area contributed by atoms with Crippen LogP contribution >= 0.6 is 0 Å². The second kappa shape index (κ2) is 2.47. The number of carbonyl (C=O) groups excluding carboxylic acids is 1. The Balaban J connectivity index is 1.63. The average Bonchev–Trinajstić information content (AvgIpc) is 2.80. The number of nitrogens with zero attached hydrogens (tertiary/aromatic N) is 1. The van der Waals surface area contributed by atoms with Gasteiger partial charge in [-0.2, -0.15) is 0 Å². The van der Waals surface area contributed by atoms with Crippen LogP contribution in [0.5, 0.6) is 0 Å². The molecule has 72 valence electrons. The maximum Gasteiger partial charge on any atom is 0.226 e. The number of carbonyl (C=O) groups is 1. The molecule has 2 bridgehead atoms. The monoisotopic (exact) mass is 180 g/mol. The minimum atomic E-state index is 0.373. The summed E-state index contributed by atoms with van der Waals surface area (Å²) in [6.07, 6.45) is 2.40. The Kier molecular flexibility index (Phi) is 1.48. The van der Waals surface area contributed by atoms with E-state index in [1.54, 1.807) is 0 Å². The van der Waals surface area contributed by atoms with Crippen molar-refractivity contribution in [3.05, 3.63) is 0 Å². The van der Waals surface area contributed by atoms with E-state index in [2.05, 4.69) is 17.1 Å².